The van der Waals surface area contributed by atoms with E-state index in [9.17, 15) is 0 Å². The number of nitrogens with two attached hydrogens (primary N) is 1. The predicted molar refractivity (Wildman–Crippen MR) is 76.2 cm³/mol. The zero-order valence-electron chi connectivity index (χ0n) is 9.78. The smallest absolute Gasteiger partial charge is 0.122 e. The van der Waals surface area contributed by atoms with Crippen molar-refractivity contribution in [3.05, 3.63) is 24.0 Å². The summed E-state index contributed by atoms with van der Waals surface area (Å²) < 4.78 is 0.201. The van der Waals surface area contributed by atoms with E-state index < -0.39 is 0 Å². The molecule has 0 saturated carbocycles. The molecule has 16 heavy (non-hydrogen) atoms. The molecule has 0 radical (unpaired) electrons. The molecule has 0 spiro atoms. The second-order valence-corrected chi connectivity index (χ2v) is 6.06. The highest BCUT2D eigenvalue weighted by atomic mass is 32.2. The van der Waals surface area contributed by atoms with Crippen molar-refractivity contribution >= 4 is 34.7 Å². The van der Waals surface area contributed by atoms with E-state index in [1.165, 1.54) is 0 Å². The summed E-state index contributed by atoms with van der Waals surface area (Å²) in [5.74, 6) is 0. The average molecular weight is 255 g/mol. The monoisotopic (exact) mass is 255 g/mol. The summed E-state index contributed by atoms with van der Waals surface area (Å²) in [6, 6.07) is 3.79. The third-order valence-corrected chi connectivity index (χ3v) is 3.74. The van der Waals surface area contributed by atoms with Gasteiger partial charge in [0.1, 0.15) is 4.99 Å². The molecule has 3 N–H and O–H groups in total. The molecule has 0 amide bonds. The van der Waals surface area contributed by atoms with Crippen LogP contribution in [0.2, 0.25) is 0 Å². The van der Waals surface area contributed by atoms with E-state index in [1.54, 1.807) is 6.20 Å². The van der Waals surface area contributed by atoms with Crippen molar-refractivity contribution in [2.75, 3.05) is 18.1 Å². The lowest BCUT2D eigenvalue weighted by Crippen LogP contribution is -2.26. The van der Waals surface area contributed by atoms with Crippen LogP contribution in [0.3, 0.4) is 0 Å². The Morgan fingerprint density at radius 1 is 1.62 bits per heavy atom. The number of aromatic nitrogens is 1. The number of thioether (sulfide) groups is 1. The molecule has 0 aliphatic rings. The van der Waals surface area contributed by atoms with Crippen molar-refractivity contribution in [2.45, 2.75) is 18.6 Å². The fourth-order valence-corrected chi connectivity index (χ4v) is 1.39. The number of hydrogen-bond acceptors (Lipinski definition) is 4. The van der Waals surface area contributed by atoms with Crippen molar-refractivity contribution in [3.63, 3.8) is 0 Å². The zero-order valence-corrected chi connectivity index (χ0v) is 11.4. The maximum atomic E-state index is 5.53. The Balaban J connectivity index is 2.68. The number of nitrogens with one attached hydrogen (secondary N) is 1. The van der Waals surface area contributed by atoms with Gasteiger partial charge < -0.3 is 11.1 Å². The zero-order chi connectivity index (χ0) is 12.2. The van der Waals surface area contributed by atoms with Crippen molar-refractivity contribution in [3.8, 4) is 0 Å². The molecule has 0 aromatic carbocycles. The number of nitrogens with zero attached hydrogens (tertiary/aromatic N) is 1. The van der Waals surface area contributed by atoms with Crippen LogP contribution in [0.5, 0.6) is 0 Å². The molecule has 3 nitrogen and oxygen atoms in total. The second kappa shape index (κ2) is 5.50. The fourth-order valence-electron chi connectivity index (χ4n) is 1.06. The van der Waals surface area contributed by atoms with Crippen LogP contribution >= 0.6 is 24.0 Å². The van der Waals surface area contributed by atoms with Crippen LogP contribution in [-0.2, 0) is 0 Å². The molecule has 0 fully saturated rings. The van der Waals surface area contributed by atoms with Gasteiger partial charge in [-0.05, 0) is 32.2 Å². The van der Waals surface area contributed by atoms with Gasteiger partial charge in [-0.15, -0.1) is 0 Å². The van der Waals surface area contributed by atoms with Crippen molar-refractivity contribution in [2.24, 2.45) is 5.73 Å². The highest BCUT2D eigenvalue weighted by Gasteiger charge is 2.15. The van der Waals surface area contributed by atoms with Crippen LogP contribution in [0, 0.1) is 0 Å². The largest absolute Gasteiger partial charge is 0.388 e. The molecule has 1 aromatic rings. The van der Waals surface area contributed by atoms with Crippen LogP contribution in [0.25, 0.3) is 0 Å². The quantitative estimate of drug-likeness (QED) is 0.791. The highest BCUT2D eigenvalue weighted by Crippen LogP contribution is 2.21. The molecular formula is C11H17N3S2. The molecule has 5 heteroatoms. The van der Waals surface area contributed by atoms with Crippen LogP contribution in [0.1, 0.15) is 19.5 Å². The van der Waals surface area contributed by atoms with Crippen molar-refractivity contribution < 1.29 is 0 Å². The molecule has 1 aromatic heterocycles. The summed E-state index contributed by atoms with van der Waals surface area (Å²) in [5.41, 5.74) is 7.18. The summed E-state index contributed by atoms with van der Waals surface area (Å²) in [7, 11) is 0. The topological polar surface area (TPSA) is 50.9 Å². The first-order chi connectivity index (χ1) is 7.44. The first-order valence-electron chi connectivity index (χ1n) is 4.99. The van der Waals surface area contributed by atoms with E-state index in [0.29, 0.717) is 10.7 Å². The van der Waals surface area contributed by atoms with Crippen molar-refractivity contribution in [1.82, 2.24) is 4.98 Å². The Morgan fingerprint density at radius 3 is 2.88 bits per heavy atom. The molecule has 0 unspecified atom stereocenters. The van der Waals surface area contributed by atoms with Gasteiger partial charge in [0, 0.05) is 23.2 Å². The van der Waals surface area contributed by atoms with Gasteiger partial charge in [-0.2, -0.15) is 11.8 Å². The summed E-state index contributed by atoms with van der Waals surface area (Å²) in [5, 5.41) is 3.36. The van der Waals surface area contributed by atoms with E-state index in [1.807, 2.05) is 23.9 Å². The number of pyridine rings is 1. The SMILES string of the molecule is CSC(C)(C)CNc1ccnc(C(N)=S)c1. The van der Waals surface area contributed by atoms with E-state index >= 15 is 0 Å². The lowest BCUT2D eigenvalue weighted by Gasteiger charge is -2.23. The normalized spacial score (nSPS) is 11.2. The maximum Gasteiger partial charge on any atom is 0.122 e. The molecule has 1 heterocycles. The van der Waals surface area contributed by atoms with Gasteiger partial charge in [0.15, 0.2) is 0 Å². The van der Waals surface area contributed by atoms with Crippen LogP contribution < -0.4 is 11.1 Å². The van der Waals surface area contributed by atoms with Gasteiger partial charge in [-0.25, -0.2) is 0 Å². The maximum absolute atomic E-state index is 5.53. The number of anilines is 1. The average Bonchev–Trinajstić information content (AvgIpc) is 2.27. The summed E-state index contributed by atoms with van der Waals surface area (Å²) in [6.45, 7) is 5.27. The van der Waals surface area contributed by atoms with Crippen LogP contribution in [0.15, 0.2) is 18.3 Å². The molecule has 0 saturated heterocycles. The van der Waals surface area contributed by atoms with Gasteiger partial charge in [-0.1, -0.05) is 12.2 Å². The van der Waals surface area contributed by atoms with Gasteiger partial charge in [-0.3, -0.25) is 4.98 Å². The minimum atomic E-state index is 0.201. The lowest BCUT2D eigenvalue weighted by atomic mass is 10.2. The first-order valence-corrected chi connectivity index (χ1v) is 6.63. The van der Waals surface area contributed by atoms with Gasteiger partial charge in [0.2, 0.25) is 0 Å². The second-order valence-electron chi connectivity index (χ2n) is 4.11. The summed E-state index contributed by atoms with van der Waals surface area (Å²) in [6.07, 6.45) is 3.82. The van der Waals surface area contributed by atoms with E-state index in [2.05, 4.69) is 30.4 Å². The summed E-state index contributed by atoms with van der Waals surface area (Å²) >= 11 is 6.71. The fraction of sp³-hybridized carbons (Fsp3) is 0.455. The Bertz CT molecular complexity index is 377. The van der Waals surface area contributed by atoms with Gasteiger partial charge >= 0.3 is 0 Å². The number of hydrogen-bond donors (Lipinski definition) is 2. The van der Waals surface area contributed by atoms with Crippen molar-refractivity contribution in [1.29, 1.82) is 0 Å². The highest BCUT2D eigenvalue weighted by molar-refractivity contribution is 7.99. The Labute approximate surface area is 106 Å². The third kappa shape index (κ3) is 3.98. The first kappa shape index (κ1) is 13.3. The molecule has 0 atom stereocenters. The Hall–Kier alpha value is -0.810. The van der Waals surface area contributed by atoms with Gasteiger partial charge in [0.05, 0.1) is 5.69 Å². The minimum Gasteiger partial charge on any atom is -0.388 e. The Kier molecular flexibility index (Phi) is 4.56. The molecule has 0 bridgehead atoms. The standard InChI is InChI=1S/C11H17N3S2/c1-11(2,16-3)7-14-8-4-5-13-9(6-8)10(12)15/h4-6H,7H2,1-3H3,(H2,12,15)(H,13,14). The predicted octanol–water partition coefficient (Wildman–Crippen LogP) is 2.27. The summed E-state index contributed by atoms with van der Waals surface area (Å²) in [4.78, 5) is 4.42. The molecule has 0 aliphatic heterocycles. The molecule has 0 aliphatic carbocycles. The van der Waals surface area contributed by atoms with Crippen LogP contribution in [-0.4, -0.2) is 27.5 Å². The van der Waals surface area contributed by atoms with E-state index in [-0.39, 0.29) is 4.75 Å². The number of rotatable bonds is 5. The van der Waals surface area contributed by atoms with Gasteiger partial charge in [0.25, 0.3) is 0 Å². The third-order valence-electron chi connectivity index (χ3n) is 2.28. The molecular weight excluding hydrogens is 238 g/mol. The Morgan fingerprint density at radius 2 is 2.31 bits per heavy atom. The number of thiocarbonyl (C=S) groups is 1. The molecule has 88 valence electrons. The van der Waals surface area contributed by atoms with E-state index in [0.717, 1.165) is 12.2 Å². The van der Waals surface area contributed by atoms with Crippen LogP contribution in [0.4, 0.5) is 5.69 Å². The van der Waals surface area contributed by atoms with E-state index in [4.69, 9.17) is 18.0 Å². The lowest BCUT2D eigenvalue weighted by molar-refractivity contribution is 0.752. The molecule has 1 rings (SSSR count). The minimum absolute atomic E-state index is 0.201.